The number of carbonyl (C=O) groups excluding carboxylic acids is 1. The first-order valence-electron chi connectivity index (χ1n) is 8.60. The molecule has 0 saturated heterocycles. The SMILES string of the molecule is C[C@H](NC(=O)c1cc2c(s1)CCC(C)(C)C2)c1ccc(S(N)(=O)=O)cc1. The molecular weight excluding hydrogens is 368 g/mol. The Kier molecular flexibility index (Phi) is 4.98. The first-order valence-corrected chi connectivity index (χ1v) is 11.0. The number of thiophene rings is 1. The fraction of sp³-hybridized carbons (Fsp3) is 0.421. The van der Waals surface area contributed by atoms with Gasteiger partial charge in [-0.15, -0.1) is 11.3 Å². The molecule has 1 aromatic heterocycles. The van der Waals surface area contributed by atoms with Gasteiger partial charge >= 0.3 is 0 Å². The molecule has 0 unspecified atom stereocenters. The first-order chi connectivity index (χ1) is 12.0. The largest absolute Gasteiger partial charge is 0.345 e. The zero-order valence-electron chi connectivity index (χ0n) is 15.2. The molecule has 5 nitrogen and oxygen atoms in total. The molecule has 0 radical (unpaired) electrons. The van der Waals surface area contributed by atoms with Crippen molar-refractivity contribution in [3.63, 3.8) is 0 Å². The van der Waals surface area contributed by atoms with Crippen molar-refractivity contribution in [1.29, 1.82) is 0 Å². The number of aryl methyl sites for hydroxylation is 1. The van der Waals surface area contributed by atoms with Crippen molar-refractivity contribution in [2.24, 2.45) is 10.6 Å². The van der Waals surface area contributed by atoms with E-state index >= 15 is 0 Å². The van der Waals surface area contributed by atoms with Gasteiger partial charge in [-0.05, 0) is 60.9 Å². The highest BCUT2D eigenvalue weighted by molar-refractivity contribution is 7.89. The Balaban J connectivity index is 1.71. The van der Waals surface area contributed by atoms with E-state index in [9.17, 15) is 13.2 Å². The molecule has 3 rings (SSSR count). The van der Waals surface area contributed by atoms with Crippen LogP contribution in [-0.2, 0) is 22.9 Å². The Bertz CT molecular complexity index is 928. The van der Waals surface area contributed by atoms with Crippen molar-refractivity contribution < 1.29 is 13.2 Å². The van der Waals surface area contributed by atoms with Gasteiger partial charge in [-0.3, -0.25) is 4.79 Å². The summed E-state index contributed by atoms with van der Waals surface area (Å²) in [6, 6.07) is 8.05. The quantitative estimate of drug-likeness (QED) is 0.836. The minimum absolute atomic E-state index is 0.0633. The molecule has 2 aromatic rings. The van der Waals surface area contributed by atoms with Crippen LogP contribution in [0.1, 0.15) is 58.9 Å². The molecule has 3 N–H and O–H groups in total. The fourth-order valence-corrected chi connectivity index (χ4v) is 4.89. The second-order valence-electron chi connectivity index (χ2n) is 7.71. The number of benzene rings is 1. The van der Waals surface area contributed by atoms with E-state index < -0.39 is 10.0 Å². The maximum atomic E-state index is 12.6. The lowest BCUT2D eigenvalue weighted by Gasteiger charge is -2.29. The van der Waals surface area contributed by atoms with Gasteiger partial charge in [0.05, 0.1) is 15.8 Å². The second kappa shape index (κ2) is 6.79. The van der Waals surface area contributed by atoms with Crippen LogP contribution in [0.4, 0.5) is 0 Å². The van der Waals surface area contributed by atoms with Gasteiger partial charge in [-0.1, -0.05) is 26.0 Å². The van der Waals surface area contributed by atoms with Crippen LogP contribution in [-0.4, -0.2) is 14.3 Å². The van der Waals surface area contributed by atoms with E-state index in [1.54, 1.807) is 23.5 Å². The third-order valence-corrected chi connectivity index (χ3v) is 7.04. The highest BCUT2D eigenvalue weighted by Gasteiger charge is 2.28. The van der Waals surface area contributed by atoms with Crippen LogP contribution in [0, 0.1) is 5.41 Å². The zero-order chi connectivity index (χ0) is 19.1. The van der Waals surface area contributed by atoms with Crippen molar-refractivity contribution >= 4 is 27.3 Å². The maximum Gasteiger partial charge on any atom is 0.261 e. The van der Waals surface area contributed by atoms with Crippen LogP contribution in [0.25, 0.3) is 0 Å². The van der Waals surface area contributed by atoms with Crippen molar-refractivity contribution in [2.75, 3.05) is 0 Å². The molecule has 26 heavy (non-hydrogen) atoms. The van der Waals surface area contributed by atoms with E-state index in [1.165, 1.54) is 22.6 Å². The van der Waals surface area contributed by atoms with Crippen molar-refractivity contribution in [3.8, 4) is 0 Å². The summed E-state index contributed by atoms with van der Waals surface area (Å²) >= 11 is 1.58. The lowest BCUT2D eigenvalue weighted by Crippen LogP contribution is -2.26. The topological polar surface area (TPSA) is 89.3 Å². The number of hydrogen-bond donors (Lipinski definition) is 2. The van der Waals surface area contributed by atoms with Crippen molar-refractivity contribution in [3.05, 3.63) is 51.2 Å². The third kappa shape index (κ3) is 4.16. The van der Waals surface area contributed by atoms with Crippen LogP contribution in [0.5, 0.6) is 0 Å². The highest BCUT2D eigenvalue weighted by atomic mass is 32.2. The van der Waals surface area contributed by atoms with Crippen LogP contribution in [0.15, 0.2) is 35.2 Å². The number of carbonyl (C=O) groups is 1. The average Bonchev–Trinajstić information content (AvgIpc) is 2.96. The number of amides is 1. The maximum absolute atomic E-state index is 12.6. The van der Waals surface area contributed by atoms with E-state index in [1.807, 2.05) is 13.0 Å². The Morgan fingerprint density at radius 3 is 2.54 bits per heavy atom. The first kappa shape index (κ1) is 19.1. The molecule has 1 aliphatic carbocycles. The third-order valence-electron chi connectivity index (χ3n) is 4.87. The van der Waals surface area contributed by atoms with Crippen LogP contribution < -0.4 is 10.5 Å². The molecule has 140 valence electrons. The number of rotatable bonds is 4. The Morgan fingerprint density at radius 1 is 1.27 bits per heavy atom. The molecule has 0 aliphatic heterocycles. The monoisotopic (exact) mass is 392 g/mol. The Labute approximate surface area is 158 Å². The van der Waals surface area contributed by atoms with E-state index in [4.69, 9.17) is 5.14 Å². The van der Waals surface area contributed by atoms with Gasteiger partial charge in [-0.25, -0.2) is 13.6 Å². The van der Waals surface area contributed by atoms with Crippen LogP contribution >= 0.6 is 11.3 Å². The van der Waals surface area contributed by atoms with Gasteiger partial charge in [0.1, 0.15) is 0 Å². The van der Waals surface area contributed by atoms with Crippen LogP contribution in [0.2, 0.25) is 0 Å². The highest BCUT2D eigenvalue weighted by Crippen LogP contribution is 2.38. The Morgan fingerprint density at radius 2 is 1.92 bits per heavy atom. The molecule has 7 heteroatoms. The van der Waals surface area contributed by atoms with E-state index in [0.29, 0.717) is 5.41 Å². The number of fused-ring (bicyclic) bond motifs is 1. The Hall–Kier alpha value is -1.70. The summed E-state index contributed by atoms with van der Waals surface area (Å²) in [4.78, 5) is 14.7. The predicted octanol–water partition coefficient (Wildman–Crippen LogP) is 3.40. The molecule has 0 spiro atoms. The lowest BCUT2D eigenvalue weighted by molar-refractivity contribution is 0.0944. The van der Waals surface area contributed by atoms with E-state index in [2.05, 4.69) is 19.2 Å². The minimum Gasteiger partial charge on any atom is -0.345 e. The molecule has 1 atom stereocenters. The second-order valence-corrected chi connectivity index (χ2v) is 10.4. The summed E-state index contributed by atoms with van der Waals surface area (Å²) in [5.74, 6) is -0.0924. The summed E-state index contributed by atoms with van der Waals surface area (Å²) in [6.07, 6.45) is 3.19. The van der Waals surface area contributed by atoms with Crippen molar-refractivity contribution in [2.45, 2.75) is 51.0 Å². The number of sulfonamides is 1. The molecular formula is C19H24N2O3S2. The van der Waals surface area contributed by atoms with Gasteiger partial charge < -0.3 is 5.32 Å². The number of primary sulfonamides is 1. The number of nitrogens with one attached hydrogen (secondary N) is 1. The van der Waals surface area contributed by atoms with Gasteiger partial charge in [0.15, 0.2) is 0 Å². The van der Waals surface area contributed by atoms with E-state index in [0.717, 1.165) is 29.7 Å². The normalized spacial score (nSPS) is 17.4. The molecule has 0 saturated carbocycles. The fourth-order valence-electron chi connectivity index (χ4n) is 3.29. The average molecular weight is 393 g/mol. The smallest absolute Gasteiger partial charge is 0.261 e. The van der Waals surface area contributed by atoms with Gasteiger partial charge in [-0.2, -0.15) is 0 Å². The molecule has 0 bridgehead atoms. The minimum atomic E-state index is -3.71. The number of nitrogens with two attached hydrogens (primary N) is 1. The molecule has 1 amide bonds. The summed E-state index contributed by atoms with van der Waals surface area (Å²) in [7, 11) is -3.71. The summed E-state index contributed by atoms with van der Waals surface area (Å²) in [6.45, 7) is 6.40. The van der Waals surface area contributed by atoms with Crippen LogP contribution in [0.3, 0.4) is 0 Å². The molecule has 1 heterocycles. The predicted molar refractivity (Wildman–Crippen MR) is 104 cm³/mol. The van der Waals surface area contributed by atoms with Crippen molar-refractivity contribution in [1.82, 2.24) is 5.32 Å². The molecule has 1 aliphatic rings. The van der Waals surface area contributed by atoms with Gasteiger partial charge in [0, 0.05) is 4.88 Å². The van der Waals surface area contributed by atoms with E-state index in [-0.39, 0.29) is 16.8 Å². The standard InChI is InChI=1S/C19H24N2O3S2/c1-12(13-4-6-15(7-5-13)26(20,23)24)21-18(22)17-10-14-11-19(2,3)9-8-16(14)25-17/h4-7,10,12H,8-9,11H2,1-3H3,(H,21,22)(H2,20,23,24)/t12-/m0/s1. The van der Waals surface area contributed by atoms with Gasteiger partial charge in [0.25, 0.3) is 5.91 Å². The summed E-state index contributed by atoms with van der Waals surface area (Å²) < 4.78 is 22.7. The lowest BCUT2D eigenvalue weighted by atomic mass is 9.77. The van der Waals surface area contributed by atoms with Gasteiger partial charge in [0.2, 0.25) is 10.0 Å². The molecule has 1 aromatic carbocycles. The number of hydrogen-bond acceptors (Lipinski definition) is 4. The zero-order valence-corrected chi connectivity index (χ0v) is 16.8. The summed E-state index contributed by atoms with van der Waals surface area (Å²) in [5.41, 5.74) is 2.41. The summed E-state index contributed by atoms with van der Waals surface area (Å²) in [5, 5.41) is 8.10. The molecule has 0 fully saturated rings.